The van der Waals surface area contributed by atoms with Gasteiger partial charge < -0.3 is 10.4 Å². The molecule has 1 amide bonds. The molecule has 0 bridgehead atoms. The molecule has 4 rings (SSSR count). The number of aromatic carboxylic acids is 1. The van der Waals surface area contributed by atoms with Crippen LogP contribution in [0.2, 0.25) is 0 Å². The number of hydrogen-bond acceptors (Lipinski definition) is 3. The third-order valence-corrected chi connectivity index (χ3v) is 6.55. The topological polar surface area (TPSA) is 66.4 Å². The van der Waals surface area contributed by atoms with E-state index in [2.05, 4.69) is 43.4 Å². The van der Waals surface area contributed by atoms with Crippen LogP contribution in [-0.4, -0.2) is 17.0 Å². The van der Waals surface area contributed by atoms with E-state index in [1.165, 1.54) is 17.7 Å². The monoisotopic (exact) mass is 429 g/mol. The molecule has 2 N–H and O–H groups in total. The number of amides is 1. The number of rotatable bonds is 5. The lowest BCUT2D eigenvalue weighted by molar-refractivity contribution is 0.0696. The quantitative estimate of drug-likeness (QED) is 0.489. The highest BCUT2D eigenvalue weighted by atomic mass is 32.2. The van der Waals surface area contributed by atoms with Crippen LogP contribution in [0.25, 0.3) is 4.91 Å². The van der Waals surface area contributed by atoms with E-state index in [0.717, 1.165) is 21.8 Å². The summed E-state index contributed by atoms with van der Waals surface area (Å²) < 4.78 is 0. The smallest absolute Gasteiger partial charge is 0.335 e. The maximum absolute atomic E-state index is 12.9. The lowest BCUT2D eigenvalue weighted by Gasteiger charge is -2.32. The minimum absolute atomic E-state index is 0.00223. The van der Waals surface area contributed by atoms with Crippen LogP contribution in [0.3, 0.4) is 0 Å². The number of fused-ring (bicyclic) bond motifs is 1. The summed E-state index contributed by atoms with van der Waals surface area (Å²) in [7, 11) is 0. The molecule has 4 nitrogen and oxygen atoms in total. The van der Waals surface area contributed by atoms with Crippen LogP contribution < -0.4 is 5.32 Å². The second kappa shape index (κ2) is 8.44. The fourth-order valence-electron chi connectivity index (χ4n) is 3.66. The number of allylic oxidation sites excluding steroid dienone is 1. The Hall–Kier alpha value is -3.31. The Morgan fingerprint density at radius 2 is 1.61 bits per heavy atom. The Bertz CT molecular complexity index is 1170. The molecule has 0 saturated heterocycles. The Morgan fingerprint density at radius 3 is 2.29 bits per heavy atom. The molecule has 0 saturated carbocycles. The Balaban J connectivity index is 1.62. The summed E-state index contributed by atoms with van der Waals surface area (Å²) >= 11 is 1.71. The third kappa shape index (κ3) is 4.57. The zero-order chi connectivity index (χ0) is 22.0. The molecule has 0 radical (unpaired) electrons. The van der Waals surface area contributed by atoms with Crippen LogP contribution in [0.1, 0.15) is 52.1 Å². The van der Waals surface area contributed by atoms with E-state index in [9.17, 15) is 9.59 Å². The highest BCUT2D eigenvalue weighted by molar-refractivity contribution is 8.08. The number of benzene rings is 3. The van der Waals surface area contributed by atoms with Crippen molar-refractivity contribution >= 4 is 34.2 Å². The molecule has 0 aromatic heterocycles. The van der Waals surface area contributed by atoms with Crippen molar-refractivity contribution in [1.29, 1.82) is 0 Å². The molecule has 0 fully saturated rings. The normalized spacial score (nSPS) is 14.3. The summed E-state index contributed by atoms with van der Waals surface area (Å²) in [5.41, 5.74) is 3.62. The molecular formula is C26H23NO3S. The van der Waals surface area contributed by atoms with Gasteiger partial charge in [-0.2, -0.15) is 0 Å². The van der Waals surface area contributed by atoms with E-state index in [1.54, 1.807) is 23.9 Å². The van der Waals surface area contributed by atoms with Gasteiger partial charge in [0.2, 0.25) is 0 Å². The zero-order valence-electron chi connectivity index (χ0n) is 17.4. The van der Waals surface area contributed by atoms with E-state index in [0.29, 0.717) is 11.3 Å². The summed E-state index contributed by atoms with van der Waals surface area (Å²) in [4.78, 5) is 26.2. The number of carbonyl (C=O) groups excluding carboxylic acids is 1. The van der Waals surface area contributed by atoms with Crippen LogP contribution in [0.15, 0.2) is 83.8 Å². The first-order valence-corrected chi connectivity index (χ1v) is 10.9. The van der Waals surface area contributed by atoms with E-state index < -0.39 is 5.97 Å². The summed E-state index contributed by atoms with van der Waals surface area (Å²) in [5, 5.41) is 11.9. The van der Waals surface area contributed by atoms with Crippen LogP contribution in [-0.2, 0) is 5.41 Å². The molecule has 0 aliphatic heterocycles. The molecule has 156 valence electrons. The van der Waals surface area contributed by atoms with Gasteiger partial charge in [0.1, 0.15) is 0 Å². The van der Waals surface area contributed by atoms with Gasteiger partial charge in [-0.15, -0.1) is 0 Å². The molecule has 0 unspecified atom stereocenters. The van der Waals surface area contributed by atoms with Crippen molar-refractivity contribution in [3.63, 3.8) is 0 Å². The molecule has 1 aliphatic rings. The van der Waals surface area contributed by atoms with E-state index in [-0.39, 0.29) is 16.9 Å². The Labute approximate surface area is 186 Å². The third-order valence-electron chi connectivity index (χ3n) is 5.43. The molecule has 3 aromatic carbocycles. The van der Waals surface area contributed by atoms with Gasteiger partial charge >= 0.3 is 5.97 Å². The molecule has 0 heterocycles. The standard InChI is InChI=1S/C26H23NO3S/c1-26(2)15-14-23(31-20-6-4-3-5-7-20)21-16-18(10-13-22(21)26)24(28)27-19-11-8-17(9-12-19)25(29)30/h3-14,16H,15H2,1-2H3,(H,27,28)(H,29,30). The van der Waals surface area contributed by atoms with Crippen molar-refractivity contribution < 1.29 is 14.7 Å². The van der Waals surface area contributed by atoms with E-state index in [1.807, 2.05) is 30.3 Å². The van der Waals surface area contributed by atoms with Gasteiger partial charge in [0.25, 0.3) is 5.91 Å². The molecule has 1 aliphatic carbocycles. The van der Waals surface area contributed by atoms with Gasteiger partial charge in [0.15, 0.2) is 0 Å². The van der Waals surface area contributed by atoms with Crippen LogP contribution >= 0.6 is 11.8 Å². The van der Waals surface area contributed by atoms with Gasteiger partial charge in [-0.05, 0) is 71.5 Å². The number of carbonyl (C=O) groups is 2. The minimum Gasteiger partial charge on any atom is -0.478 e. The molecule has 31 heavy (non-hydrogen) atoms. The number of carboxylic acid groups (broad SMARTS) is 1. The maximum Gasteiger partial charge on any atom is 0.335 e. The molecule has 0 spiro atoms. The Kier molecular flexibility index (Phi) is 5.70. The van der Waals surface area contributed by atoms with Crippen LogP contribution in [0.4, 0.5) is 5.69 Å². The minimum atomic E-state index is -0.995. The molecule has 3 aromatic rings. The lowest BCUT2D eigenvalue weighted by Crippen LogP contribution is -2.22. The predicted octanol–water partition coefficient (Wildman–Crippen LogP) is 6.45. The first kappa shape index (κ1) is 20.9. The number of thioether (sulfide) groups is 1. The van der Waals surface area contributed by atoms with Crippen molar-refractivity contribution in [2.45, 2.75) is 30.6 Å². The average molecular weight is 430 g/mol. The lowest BCUT2D eigenvalue weighted by atomic mass is 9.75. The van der Waals surface area contributed by atoms with Crippen molar-refractivity contribution in [2.24, 2.45) is 0 Å². The predicted molar refractivity (Wildman–Crippen MR) is 126 cm³/mol. The van der Waals surface area contributed by atoms with Crippen LogP contribution in [0, 0.1) is 0 Å². The second-order valence-electron chi connectivity index (χ2n) is 8.17. The van der Waals surface area contributed by atoms with Gasteiger partial charge in [-0.3, -0.25) is 4.79 Å². The molecule has 0 atom stereocenters. The first-order valence-electron chi connectivity index (χ1n) is 10.1. The van der Waals surface area contributed by atoms with Gasteiger partial charge in [0, 0.05) is 21.1 Å². The number of carboxylic acids is 1. The van der Waals surface area contributed by atoms with Crippen molar-refractivity contribution in [3.05, 3.63) is 101 Å². The number of hydrogen-bond donors (Lipinski definition) is 2. The summed E-state index contributed by atoms with van der Waals surface area (Å²) in [6.45, 7) is 4.44. The largest absolute Gasteiger partial charge is 0.478 e. The van der Waals surface area contributed by atoms with E-state index in [4.69, 9.17) is 5.11 Å². The average Bonchev–Trinajstić information content (AvgIpc) is 2.76. The van der Waals surface area contributed by atoms with Gasteiger partial charge in [-0.1, -0.05) is 56.0 Å². The maximum atomic E-state index is 12.9. The highest BCUT2D eigenvalue weighted by Gasteiger charge is 2.29. The van der Waals surface area contributed by atoms with Crippen LogP contribution in [0.5, 0.6) is 0 Å². The molecular weight excluding hydrogens is 406 g/mol. The number of anilines is 1. The highest BCUT2D eigenvalue weighted by Crippen LogP contribution is 2.45. The Morgan fingerprint density at radius 1 is 0.935 bits per heavy atom. The van der Waals surface area contributed by atoms with Crippen molar-refractivity contribution in [1.82, 2.24) is 0 Å². The van der Waals surface area contributed by atoms with E-state index >= 15 is 0 Å². The fraction of sp³-hybridized carbons (Fsp3) is 0.154. The van der Waals surface area contributed by atoms with Gasteiger partial charge in [-0.25, -0.2) is 4.79 Å². The molecule has 5 heteroatoms. The summed E-state index contributed by atoms with van der Waals surface area (Å²) in [6, 6.07) is 22.2. The number of nitrogens with one attached hydrogen (secondary N) is 1. The second-order valence-corrected chi connectivity index (χ2v) is 9.28. The van der Waals surface area contributed by atoms with Gasteiger partial charge in [0.05, 0.1) is 5.56 Å². The fourth-order valence-corrected chi connectivity index (χ4v) is 4.65. The SMILES string of the molecule is CC1(C)CC=C(Sc2ccccc2)c2cc(C(=O)Nc3ccc(C(=O)O)cc3)ccc21. The first-order chi connectivity index (χ1) is 14.8. The zero-order valence-corrected chi connectivity index (χ0v) is 18.2. The van der Waals surface area contributed by atoms with Crippen molar-refractivity contribution in [3.8, 4) is 0 Å². The summed E-state index contributed by atoms with van der Waals surface area (Å²) in [5.74, 6) is -1.22. The summed E-state index contributed by atoms with van der Waals surface area (Å²) in [6.07, 6.45) is 3.20. The van der Waals surface area contributed by atoms with Crippen molar-refractivity contribution in [2.75, 3.05) is 5.32 Å².